The molecule has 1 aromatic rings. The number of ketones is 1. The predicted molar refractivity (Wildman–Crippen MR) is 65.5 cm³/mol. The Morgan fingerprint density at radius 1 is 1.50 bits per heavy atom. The number of benzene rings is 1. The maximum atomic E-state index is 11.9. The van der Waals surface area contributed by atoms with Gasteiger partial charge in [0, 0.05) is 22.9 Å². The molecule has 1 aromatic carbocycles. The van der Waals surface area contributed by atoms with Crippen LogP contribution in [-0.4, -0.2) is 11.8 Å². The first-order chi connectivity index (χ1) is 7.54. The molecule has 3 heteroatoms. The van der Waals surface area contributed by atoms with Crippen molar-refractivity contribution in [2.24, 2.45) is 11.1 Å². The van der Waals surface area contributed by atoms with Gasteiger partial charge in [-0.2, -0.15) is 0 Å². The van der Waals surface area contributed by atoms with Crippen LogP contribution in [0.5, 0.6) is 0 Å². The summed E-state index contributed by atoms with van der Waals surface area (Å²) in [6.07, 6.45) is 2.04. The molecule has 0 heterocycles. The van der Waals surface area contributed by atoms with Crippen LogP contribution in [0.15, 0.2) is 24.3 Å². The van der Waals surface area contributed by atoms with Crippen LogP contribution >= 0.6 is 11.6 Å². The van der Waals surface area contributed by atoms with Crippen molar-refractivity contribution in [3.05, 3.63) is 34.9 Å². The third kappa shape index (κ3) is 1.87. The molecular formula is C13H16ClNO. The molecule has 2 N–H and O–H groups in total. The topological polar surface area (TPSA) is 43.1 Å². The van der Waals surface area contributed by atoms with Crippen molar-refractivity contribution >= 4 is 17.4 Å². The van der Waals surface area contributed by atoms with Gasteiger partial charge in [-0.25, -0.2) is 0 Å². The highest BCUT2D eigenvalue weighted by molar-refractivity contribution is 6.31. The molecule has 0 saturated heterocycles. The quantitative estimate of drug-likeness (QED) is 0.859. The lowest BCUT2D eigenvalue weighted by Gasteiger charge is -2.27. The summed E-state index contributed by atoms with van der Waals surface area (Å²) in [4.78, 5) is 11.9. The van der Waals surface area contributed by atoms with Gasteiger partial charge in [0.1, 0.15) is 5.78 Å². The van der Waals surface area contributed by atoms with Crippen LogP contribution in [0.4, 0.5) is 0 Å². The van der Waals surface area contributed by atoms with E-state index < -0.39 is 5.41 Å². The minimum absolute atomic E-state index is 0.0451. The van der Waals surface area contributed by atoms with E-state index in [0.717, 1.165) is 17.0 Å². The number of carbonyl (C=O) groups excluding carboxylic acids is 1. The van der Waals surface area contributed by atoms with Crippen LogP contribution in [0.1, 0.15) is 25.3 Å². The van der Waals surface area contributed by atoms with E-state index in [4.69, 9.17) is 17.3 Å². The van der Waals surface area contributed by atoms with Crippen LogP contribution < -0.4 is 5.73 Å². The van der Waals surface area contributed by atoms with Gasteiger partial charge in [0.2, 0.25) is 0 Å². The number of nitrogens with two attached hydrogens (primary N) is 1. The SMILES string of the molecule is C[C@]1(Cc2ccccc2Cl)C(=O)CC[C@H]1N. The molecule has 1 aliphatic carbocycles. The molecule has 1 saturated carbocycles. The van der Waals surface area contributed by atoms with E-state index in [-0.39, 0.29) is 11.8 Å². The van der Waals surface area contributed by atoms with Crippen molar-refractivity contribution in [1.29, 1.82) is 0 Å². The van der Waals surface area contributed by atoms with Crippen molar-refractivity contribution < 1.29 is 4.79 Å². The fourth-order valence-electron chi connectivity index (χ4n) is 2.36. The Labute approximate surface area is 101 Å². The maximum Gasteiger partial charge on any atom is 0.140 e. The van der Waals surface area contributed by atoms with Crippen LogP contribution in [0, 0.1) is 5.41 Å². The molecule has 1 aliphatic rings. The number of rotatable bonds is 2. The maximum absolute atomic E-state index is 11.9. The van der Waals surface area contributed by atoms with Crippen molar-refractivity contribution in [2.75, 3.05) is 0 Å². The predicted octanol–water partition coefficient (Wildman–Crippen LogP) is 2.58. The zero-order valence-corrected chi connectivity index (χ0v) is 10.1. The second-order valence-electron chi connectivity index (χ2n) is 4.75. The summed E-state index contributed by atoms with van der Waals surface area (Å²) >= 11 is 6.11. The number of Topliss-reactive ketones (excluding diaryl/α,β-unsaturated/α-hetero) is 1. The third-order valence-corrected chi connectivity index (χ3v) is 4.02. The molecule has 16 heavy (non-hydrogen) atoms. The van der Waals surface area contributed by atoms with Crippen molar-refractivity contribution in [2.45, 2.75) is 32.2 Å². The summed E-state index contributed by atoms with van der Waals surface area (Å²) in [5.74, 6) is 0.264. The molecule has 2 atom stereocenters. The first kappa shape index (κ1) is 11.6. The highest BCUT2D eigenvalue weighted by Crippen LogP contribution is 2.37. The molecule has 86 valence electrons. The first-order valence-electron chi connectivity index (χ1n) is 5.56. The summed E-state index contributed by atoms with van der Waals surface area (Å²) in [5, 5.41) is 0.718. The fraction of sp³-hybridized carbons (Fsp3) is 0.462. The van der Waals surface area contributed by atoms with Crippen molar-refractivity contribution in [3.8, 4) is 0 Å². The average Bonchev–Trinajstić information content (AvgIpc) is 2.50. The Hall–Kier alpha value is -0.860. The van der Waals surface area contributed by atoms with Crippen molar-refractivity contribution in [1.82, 2.24) is 0 Å². The lowest BCUT2D eigenvalue weighted by Crippen LogP contribution is -2.40. The average molecular weight is 238 g/mol. The molecule has 0 spiro atoms. The van der Waals surface area contributed by atoms with Crippen LogP contribution in [-0.2, 0) is 11.2 Å². The van der Waals surface area contributed by atoms with E-state index in [1.807, 2.05) is 31.2 Å². The van der Waals surface area contributed by atoms with E-state index in [9.17, 15) is 4.79 Å². The minimum Gasteiger partial charge on any atom is -0.327 e. The standard InChI is InChI=1S/C13H16ClNO/c1-13(11(15)6-7-12(13)16)8-9-4-2-3-5-10(9)14/h2-5,11H,6-8,15H2,1H3/t11-,13-/m1/s1. The highest BCUT2D eigenvalue weighted by Gasteiger charge is 2.44. The summed E-state index contributed by atoms with van der Waals surface area (Å²) < 4.78 is 0. The highest BCUT2D eigenvalue weighted by atomic mass is 35.5. The molecule has 0 radical (unpaired) electrons. The number of halogens is 1. The van der Waals surface area contributed by atoms with Gasteiger partial charge in [-0.1, -0.05) is 36.7 Å². The van der Waals surface area contributed by atoms with E-state index in [1.54, 1.807) is 0 Å². The van der Waals surface area contributed by atoms with E-state index in [1.165, 1.54) is 0 Å². The lowest BCUT2D eigenvalue weighted by atomic mass is 9.78. The Morgan fingerprint density at radius 2 is 2.19 bits per heavy atom. The summed E-state index contributed by atoms with van der Waals surface area (Å²) in [7, 11) is 0. The molecule has 0 bridgehead atoms. The van der Waals surface area contributed by atoms with Gasteiger partial charge in [-0.15, -0.1) is 0 Å². The van der Waals surface area contributed by atoms with Gasteiger partial charge in [0.05, 0.1) is 0 Å². The first-order valence-corrected chi connectivity index (χ1v) is 5.94. The Kier molecular flexibility index (Phi) is 3.04. The monoisotopic (exact) mass is 237 g/mol. The molecule has 2 nitrogen and oxygen atoms in total. The fourth-order valence-corrected chi connectivity index (χ4v) is 2.57. The summed E-state index contributed by atoms with van der Waals surface area (Å²) in [6, 6.07) is 7.60. The minimum atomic E-state index is -0.439. The molecule has 0 amide bonds. The number of carbonyl (C=O) groups is 1. The van der Waals surface area contributed by atoms with Crippen LogP contribution in [0.2, 0.25) is 5.02 Å². The van der Waals surface area contributed by atoms with Crippen LogP contribution in [0.25, 0.3) is 0 Å². The zero-order valence-electron chi connectivity index (χ0n) is 9.37. The molecule has 0 aromatic heterocycles. The van der Waals surface area contributed by atoms with E-state index >= 15 is 0 Å². The second-order valence-corrected chi connectivity index (χ2v) is 5.16. The van der Waals surface area contributed by atoms with E-state index in [0.29, 0.717) is 12.8 Å². The Bertz CT molecular complexity index is 418. The van der Waals surface area contributed by atoms with Gasteiger partial charge in [0.25, 0.3) is 0 Å². The Balaban J connectivity index is 2.27. The van der Waals surface area contributed by atoms with Gasteiger partial charge in [-0.3, -0.25) is 4.79 Å². The van der Waals surface area contributed by atoms with Crippen LogP contribution in [0.3, 0.4) is 0 Å². The Morgan fingerprint density at radius 3 is 2.75 bits per heavy atom. The second kappa shape index (κ2) is 4.19. The summed E-state index contributed by atoms with van der Waals surface area (Å²) in [5.41, 5.74) is 6.61. The number of hydrogen-bond donors (Lipinski definition) is 1. The van der Waals surface area contributed by atoms with Gasteiger partial charge < -0.3 is 5.73 Å². The summed E-state index contributed by atoms with van der Waals surface area (Å²) in [6.45, 7) is 1.95. The van der Waals surface area contributed by atoms with Crippen molar-refractivity contribution in [3.63, 3.8) is 0 Å². The smallest absolute Gasteiger partial charge is 0.140 e. The number of hydrogen-bond acceptors (Lipinski definition) is 2. The molecule has 0 aliphatic heterocycles. The van der Waals surface area contributed by atoms with Gasteiger partial charge in [-0.05, 0) is 24.5 Å². The zero-order chi connectivity index (χ0) is 11.8. The molecular weight excluding hydrogens is 222 g/mol. The van der Waals surface area contributed by atoms with Gasteiger partial charge in [0.15, 0.2) is 0 Å². The lowest BCUT2D eigenvalue weighted by molar-refractivity contribution is -0.125. The molecule has 1 fully saturated rings. The molecule has 2 rings (SSSR count). The van der Waals surface area contributed by atoms with E-state index in [2.05, 4.69) is 0 Å². The normalized spacial score (nSPS) is 29.7. The van der Waals surface area contributed by atoms with Gasteiger partial charge >= 0.3 is 0 Å². The third-order valence-electron chi connectivity index (χ3n) is 3.65. The largest absolute Gasteiger partial charge is 0.327 e. The molecule has 0 unspecified atom stereocenters.